The SMILES string of the molecule is Clc1ccccc1C1=NC(Nc2ccccc2)=NC2C1CC=CN2OCC1CC1. The highest BCUT2D eigenvalue weighted by molar-refractivity contribution is 6.34. The van der Waals surface area contributed by atoms with E-state index in [-0.39, 0.29) is 12.1 Å². The van der Waals surface area contributed by atoms with Crippen molar-refractivity contribution in [2.45, 2.75) is 25.4 Å². The zero-order valence-corrected chi connectivity index (χ0v) is 16.8. The Hall–Kier alpha value is -2.63. The van der Waals surface area contributed by atoms with Crippen molar-refractivity contribution >= 4 is 29.0 Å². The molecule has 2 aromatic carbocycles. The molecule has 0 spiro atoms. The standard InChI is InChI=1S/C23H23ClN4O/c24-20-11-5-4-9-18(20)21-19-10-6-14-28(29-15-16-12-13-16)22(19)27-23(26-21)25-17-7-2-1-3-8-17/h1-9,11,14,16,19,22H,10,12-13,15H2,(H,25,27). The lowest BCUT2D eigenvalue weighted by atomic mass is 9.88. The molecule has 5 rings (SSSR count). The minimum Gasteiger partial charge on any atom is -0.324 e. The molecule has 5 nitrogen and oxygen atoms in total. The number of anilines is 1. The Morgan fingerprint density at radius 1 is 1.07 bits per heavy atom. The smallest absolute Gasteiger partial charge is 0.224 e. The lowest BCUT2D eigenvalue weighted by Crippen LogP contribution is -2.46. The molecule has 2 aromatic rings. The molecule has 29 heavy (non-hydrogen) atoms. The van der Waals surface area contributed by atoms with Crippen LogP contribution in [0.15, 0.2) is 76.9 Å². The monoisotopic (exact) mass is 406 g/mol. The second-order valence-electron chi connectivity index (χ2n) is 7.66. The number of allylic oxidation sites excluding steroid dienone is 1. The lowest BCUT2D eigenvalue weighted by molar-refractivity contribution is -0.161. The molecule has 3 aliphatic rings. The largest absolute Gasteiger partial charge is 0.324 e. The molecule has 0 radical (unpaired) electrons. The molecule has 0 saturated heterocycles. The van der Waals surface area contributed by atoms with Gasteiger partial charge in [-0.25, -0.2) is 15.0 Å². The van der Waals surface area contributed by atoms with Crippen LogP contribution in [0.1, 0.15) is 24.8 Å². The Kier molecular flexibility index (Phi) is 5.08. The third-order valence-electron chi connectivity index (χ3n) is 5.43. The Bertz CT molecular complexity index is 968. The van der Waals surface area contributed by atoms with Crippen LogP contribution in [0.2, 0.25) is 5.02 Å². The number of hydroxylamine groups is 2. The number of hydrogen-bond acceptors (Lipinski definition) is 5. The molecule has 2 unspecified atom stereocenters. The van der Waals surface area contributed by atoms with Crippen LogP contribution in [0.4, 0.5) is 5.69 Å². The molecule has 1 fully saturated rings. The summed E-state index contributed by atoms with van der Waals surface area (Å²) in [7, 11) is 0. The molecule has 2 atom stereocenters. The van der Waals surface area contributed by atoms with Crippen LogP contribution < -0.4 is 5.32 Å². The number of para-hydroxylation sites is 1. The van der Waals surface area contributed by atoms with Gasteiger partial charge in [0.2, 0.25) is 5.96 Å². The number of fused-ring (bicyclic) bond motifs is 1. The van der Waals surface area contributed by atoms with Crippen LogP contribution in [0.5, 0.6) is 0 Å². The molecule has 2 aliphatic heterocycles. The number of rotatable bonds is 5. The van der Waals surface area contributed by atoms with Crippen LogP contribution >= 0.6 is 11.6 Å². The van der Waals surface area contributed by atoms with Crippen LogP contribution in [0, 0.1) is 11.8 Å². The van der Waals surface area contributed by atoms with Crippen LogP contribution in [0.3, 0.4) is 0 Å². The molecule has 148 valence electrons. The molecular formula is C23H23ClN4O. The van der Waals surface area contributed by atoms with Gasteiger partial charge in [-0.2, -0.15) is 0 Å². The zero-order chi connectivity index (χ0) is 19.6. The third kappa shape index (κ3) is 4.07. The summed E-state index contributed by atoms with van der Waals surface area (Å²) in [6, 6.07) is 17.8. The van der Waals surface area contributed by atoms with Crippen molar-refractivity contribution in [2.24, 2.45) is 21.8 Å². The first kappa shape index (κ1) is 18.4. The van der Waals surface area contributed by atoms with Gasteiger partial charge >= 0.3 is 0 Å². The maximum absolute atomic E-state index is 6.54. The summed E-state index contributed by atoms with van der Waals surface area (Å²) in [4.78, 5) is 15.9. The summed E-state index contributed by atoms with van der Waals surface area (Å²) in [6.45, 7) is 0.739. The highest BCUT2D eigenvalue weighted by Crippen LogP contribution is 2.34. The van der Waals surface area contributed by atoms with E-state index in [4.69, 9.17) is 26.4 Å². The van der Waals surface area contributed by atoms with Crippen molar-refractivity contribution in [1.82, 2.24) is 5.06 Å². The average Bonchev–Trinajstić information content (AvgIpc) is 3.57. The first-order valence-electron chi connectivity index (χ1n) is 10.1. The minimum absolute atomic E-state index is 0.0837. The van der Waals surface area contributed by atoms with E-state index in [9.17, 15) is 0 Å². The predicted molar refractivity (Wildman–Crippen MR) is 117 cm³/mol. The van der Waals surface area contributed by atoms with Crippen molar-refractivity contribution in [3.8, 4) is 0 Å². The van der Waals surface area contributed by atoms with Gasteiger partial charge in [0, 0.05) is 28.4 Å². The molecule has 6 heteroatoms. The van der Waals surface area contributed by atoms with Gasteiger partial charge in [-0.05, 0) is 43.4 Å². The van der Waals surface area contributed by atoms with Crippen LogP contribution in [-0.2, 0) is 4.84 Å². The Labute approximate surface area is 175 Å². The summed E-state index contributed by atoms with van der Waals surface area (Å²) in [5.74, 6) is 1.33. The van der Waals surface area contributed by atoms with Crippen molar-refractivity contribution in [3.05, 3.63) is 77.5 Å². The second-order valence-corrected chi connectivity index (χ2v) is 8.07. The van der Waals surface area contributed by atoms with E-state index < -0.39 is 0 Å². The first-order valence-corrected chi connectivity index (χ1v) is 10.5. The lowest BCUT2D eigenvalue weighted by Gasteiger charge is -2.38. The van der Waals surface area contributed by atoms with Crippen LogP contribution in [0.25, 0.3) is 0 Å². The number of guanidine groups is 1. The van der Waals surface area contributed by atoms with Crippen molar-refractivity contribution in [2.75, 3.05) is 11.9 Å². The molecule has 0 amide bonds. The van der Waals surface area contributed by atoms with Gasteiger partial charge in [-0.3, -0.25) is 4.84 Å². The summed E-state index contributed by atoms with van der Waals surface area (Å²) in [6.07, 6.45) is 7.31. The molecule has 0 bridgehead atoms. The molecule has 1 N–H and O–H groups in total. The van der Waals surface area contributed by atoms with Crippen molar-refractivity contribution < 1.29 is 4.84 Å². The molecule has 2 heterocycles. The normalized spacial score (nSPS) is 23.3. The van der Waals surface area contributed by atoms with Gasteiger partial charge in [-0.1, -0.05) is 54.1 Å². The first-order chi connectivity index (χ1) is 14.3. The van der Waals surface area contributed by atoms with Gasteiger partial charge < -0.3 is 5.32 Å². The zero-order valence-electron chi connectivity index (χ0n) is 16.0. The van der Waals surface area contributed by atoms with E-state index in [0.29, 0.717) is 16.9 Å². The number of hydrogen-bond donors (Lipinski definition) is 1. The average molecular weight is 407 g/mol. The van der Waals surface area contributed by atoms with Gasteiger partial charge in [-0.15, -0.1) is 0 Å². The van der Waals surface area contributed by atoms with Crippen molar-refractivity contribution in [3.63, 3.8) is 0 Å². The number of aliphatic imine (C=N–C) groups is 2. The topological polar surface area (TPSA) is 49.2 Å². The van der Waals surface area contributed by atoms with Gasteiger partial charge in [0.1, 0.15) is 0 Å². The molecule has 1 aliphatic carbocycles. The maximum atomic E-state index is 6.54. The fourth-order valence-corrected chi connectivity index (χ4v) is 3.92. The van der Waals surface area contributed by atoms with E-state index in [0.717, 1.165) is 30.0 Å². The quantitative estimate of drug-likeness (QED) is 0.750. The highest BCUT2D eigenvalue weighted by Gasteiger charge is 2.38. The Morgan fingerprint density at radius 2 is 1.86 bits per heavy atom. The second kappa shape index (κ2) is 8.01. The molecule has 1 saturated carbocycles. The predicted octanol–water partition coefficient (Wildman–Crippen LogP) is 5.11. The Balaban J connectivity index is 1.50. The van der Waals surface area contributed by atoms with E-state index in [1.807, 2.05) is 65.9 Å². The third-order valence-corrected chi connectivity index (χ3v) is 5.76. The summed E-state index contributed by atoms with van der Waals surface area (Å²) in [5, 5.41) is 5.94. The number of halogens is 1. The summed E-state index contributed by atoms with van der Waals surface area (Å²) < 4.78 is 0. The van der Waals surface area contributed by atoms with Gasteiger partial charge in [0.05, 0.1) is 12.3 Å². The Morgan fingerprint density at radius 3 is 2.66 bits per heavy atom. The van der Waals surface area contributed by atoms with E-state index >= 15 is 0 Å². The maximum Gasteiger partial charge on any atom is 0.224 e. The van der Waals surface area contributed by atoms with Crippen molar-refractivity contribution in [1.29, 1.82) is 0 Å². The molecule has 0 aromatic heterocycles. The summed E-state index contributed by atoms with van der Waals surface area (Å²) >= 11 is 6.54. The number of benzene rings is 2. The van der Waals surface area contributed by atoms with Gasteiger partial charge in [0.15, 0.2) is 6.17 Å². The fourth-order valence-electron chi connectivity index (χ4n) is 3.68. The fraction of sp³-hybridized carbons (Fsp3) is 0.304. The van der Waals surface area contributed by atoms with E-state index in [1.54, 1.807) is 0 Å². The number of nitrogens with one attached hydrogen (secondary N) is 1. The van der Waals surface area contributed by atoms with E-state index in [1.165, 1.54) is 12.8 Å². The number of nitrogens with zero attached hydrogens (tertiary/aromatic N) is 3. The molecular weight excluding hydrogens is 384 g/mol. The van der Waals surface area contributed by atoms with Gasteiger partial charge in [0.25, 0.3) is 0 Å². The highest BCUT2D eigenvalue weighted by atomic mass is 35.5. The van der Waals surface area contributed by atoms with Crippen LogP contribution in [-0.4, -0.2) is 29.5 Å². The minimum atomic E-state index is -0.172. The van der Waals surface area contributed by atoms with E-state index in [2.05, 4.69) is 11.4 Å². The summed E-state index contributed by atoms with van der Waals surface area (Å²) in [5.41, 5.74) is 2.84.